The van der Waals surface area contributed by atoms with E-state index in [-0.39, 0.29) is 12.2 Å². The Kier molecular flexibility index (Phi) is 3.75. The molecule has 0 bridgehead atoms. The van der Waals surface area contributed by atoms with E-state index in [0.29, 0.717) is 18.3 Å². The first kappa shape index (κ1) is 12.1. The van der Waals surface area contributed by atoms with Crippen molar-refractivity contribution >= 4 is 5.82 Å². The van der Waals surface area contributed by atoms with Gasteiger partial charge in [0.05, 0.1) is 12.7 Å². The summed E-state index contributed by atoms with van der Waals surface area (Å²) < 4.78 is 4.81. The molecule has 1 saturated carbocycles. The van der Waals surface area contributed by atoms with Gasteiger partial charge in [-0.25, -0.2) is 4.98 Å². The second-order valence-electron chi connectivity index (χ2n) is 4.28. The minimum absolute atomic E-state index is 0.161. The van der Waals surface area contributed by atoms with Gasteiger partial charge in [0.25, 0.3) is 5.56 Å². The van der Waals surface area contributed by atoms with Crippen LogP contribution < -0.4 is 10.9 Å². The van der Waals surface area contributed by atoms with Gasteiger partial charge in [0, 0.05) is 25.6 Å². The Balaban J connectivity index is 1.97. The van der Waals surface area contributed by atoms with Crippen molar-refractivity contribution in [1.29, 1.82) is 0 Å². The van der Waals surface area contributed by atoms with Crippen LogP contribution >= 0.6 is 0 Å². The standard InChI is InChI=1S/C11H17N3O3/c1-17-6-8(15)5-12-9-4-10(16)14-11(13-9)7-2-3-7/h4,7-8,15H,2-3,5-6H2,1H3,(H2,12,13,14,16). The fourth-order valence-electron chi connectivity index (χ4n) is 1.59. The molecule has 1 atom stereocenters. The number of hydrogen-bond acceptors (Lipinski definition) is 5. The maximum Gasteiger partial charge on any atom is 0.252 e. The summed E-state index contributed by atoms with van der Waals surface area (Å²) in [5.41, 5.74) is -0.161. The molecule has 1 heterocycles. The van der Waals surface area contributed by atoms with Crippen LogP contribution in [0.2, 0.25) is 0 Å². The van der Waals surface area contributed by atoms with E-state index >= 15 is 0 Å². The fourth-order valence-corrected chi connectivity index (χ4v) is 1.59. The highest BCUT2D eigenvalue weighted by Gasteiger charge is 2.26. The number of aromatic amines is 1. The molecular weight excluding hydrogens is 222 g/mol. The van der Waals surface area contributed by atoms with Crippen LogP contribution in [-0.4, -0.2) is 41.4 Å². The third-order valence-electron chi connectivity index (χ3n) is 2.60. The lowest BCUT2D eigenvalue weighted by atomic mass is 10.3. The van der Waals surface area contributed by atoms with Crippen LogP contribution in [0.15, 0.2) is 10.9 Å². The lowest BCUT2D eigenvalue weighted by Gasteiger charge is -2.11. The largest absolute Gasteiger partial charge is 0.389 e. The van der Waals surface area contributed by atoms with E-state index in [4.69, 9.17) is 4.74 Å². The Morgan fingerprint density at radius 2 is 2.47 bits per heavy atom. The molecule has 6 nitrogen and oxygen atoms in total. The van der Waals surface area contributed by atoms with Crippen molar-refractivity contribution in [2.24, 2.45) is 0 Å². The molecule has 0 spiro atoms. The smallest absolute Gasteiger partial charge is 0.252 e. The molecule has 0 radical (unpaired) electrons. The van der Waals surface area contributed by atoms with Crippen molar-refractivity contribution in [3.05, 3.63) is 22.2 Å². The van der Waals surface area contributed by atoms with E-state index in [2.05, 4.69) is 15.3 Å². The maximum absolute atomic E-state index is 11.4. The highest BCUT2D eigenvalue weighted by Crippen LogP contribution is 2.37. The minimum atomic E-state index is -0.606. The molecule has 2 rings (SSSR count). The summed E-state index contributed by atoms with van der Waals surface area (Å²) in [6.07, 6.45) is 1.56. The number of ether oxygens (including phenoxy) is 1. The topological polar surface area (TPSA) is 87.2 Å². The van der Waals surface area contributed by atoms with Gasteiger partial charge in [0.2, 0.25) is 0 Å². The Labute approximate surface area is 99.0 Å². The molecule has 1 unspecified atom stereocenters. The summed E-state index contributed by atoms with van der Waals surface area (Å²) in [4.78, 5) is 18.4. The highest BCUT2D eigenvalue weighted by molar-refractivity contribution is 5.34. The molecule has 94 valence electrons. The van der Waals surface area contributed by atoms with Crippen LogP contribution in [-0.2, 0) is 4.74 Å². The van der Waals surface area contributed by atoms with Gasteiger partial charge in [-0.05, 0) is 12.8 Å². The van der Waals surface area contributed by atoms with Crippen LogP contribution in [0.4, 0.5) is 5.82 Å². The molecule has 3 N–H and O–H groups in total. The first-order valence-electron chi connectivity index (χ1n) is 5.71. The average molecular weight is 239 g/mol. The van der Waals surface area contributed by atoms with Gasteiger partial charge in [-0.3, -0.25) is 4.79 Å². The van der Waals surface area contributed by atoms with Gasteiger partial charge in [0.1, 0.15) is 11.6 Å². The van der Waals surface area contributed by atoms with Gasteiger partial charge in [-0.1, -0.05) is 0 Å². The van der Waals surface area contributed by atoms with Crippen LogP contribution in [0.25, 0.3) is 0 Å². The number of aliphatic hydroxyl groups excluding tert-OH is 1. The molecule has 1 fully saturated rings. The monoisotopic (exact) mass is 239 g/mol. The van der Waals surface area contributed by atoms with E-state index in [1.807, 2.05) is 0 Å². The molecule has 1 aliphatic rings. The Morgan fingerprint density at radius 1 is 1.71 bits per heavy atom. The first-order chi connectivity index (χ1) is 8.19. The van der Waals surface area contributed by atoms with Gasteiger partial charge in [-0.2, -0.15) is 0 Å². The first-order valence-corrected chi connectivity index (χ1v) is 5.71. The summed E-state index contributed by atoms with van der Waals surface area (Å²) in [7, 11) is 1.53. The molecular formula is C11H17N3O3. The number of nitrogens with one attached hydrogen (secondary N) is 2. The van der Waals surface area contributed by atoms with E-state index in [1.54, 1.807) is 0 Å². The quantitative estimate of drug-likeness (QED) is 0.653. The van der Waals surface area contributed by atoms with Crippen LogP contribution in [0.1, 0.15) is 24.6 Å². The van der Waals surface area contributed by atoms with Crippen molar-refractivity contribution in [1.82, 2.24) is 9.97 Å². The maximum atomic E-state index is 11.4. The Bertz CT molecular complexity index is 428. The molecule has 1 aliphatic carbocycles. The summed E-state index contributed by atoms with van der Waals surface area (Å²) in [6.45, 7) is 0.570. The second-order valence-corrected chi connectivity index (χ2v) is 4.28. The number of aromatic nitrogens is 2. The van der Waals surface area contributed by atoms with E-state index < -0.39 is 6.10 Å². The number of nitrogens with zero attached hydrogens (tertiary/aromatic N) is 1. The molecule has 0 aliphatic heterocycles. The molecule has 6 heteroatoms. The number of hydrogen-bond donors (Lipinski definition) is 3. The van der Waals surface area contributed by atoms with E-state index in [0.717, 1.165) is 18.7 Å². The average Bonchev–Trinajstić information content (AvgIpc) is 3.10. The van der Waals surface area contributed by atoms with Crippen molar-refractivity contribution in [2.45, 2.75) is 24.9 Å². The van der Waals surface area contributed by atoms with Crippen LogP contribution in [0, 0.1) is 0 Å². The zero-order valence-corrected chi connectivity index (χ0v) is 9.77. The second kappa shape index (κ2) is 5.29. The predicted molar refractivity (Wildman–Crippen MR) is 63.2 cm³/mol. The molecule has 17 heavy (non-hydrogen) atoms. The summed E-state index contributed by atoms with van der Waals surface area (Å²) in [5, 5.41) is 12.4. The van der Waals surface area contributed by atoms with Gasteiger partial charge in [-0.15, -0.1) is 0 Å². The van der Waals surface area contributed by atoms with Crippen molar-refractivity contribution in [2.75, 3.05) is 25.6 Å². The lowest BCUT2D eigenvalue weighted by molar-refractivity contribution is 0.0727. The summed E-state index contributed by atoms with van der Waals surface area (Å²) >= 11 is 0. The van der Waals surface area contributed by atoms with Crippen molar-refractivity contribution in [3.63, 3.8) is 0 Å². The van der Waals surface area contributed by atoms with Crippen molar-refractivity contribution < 1.29 is 9.84 Å². The molecule has 0 aromatic carbocycles. The number of rotatable bonds is 6. The number of methoxy groups -OCH3 is 1. The zero-order chi connectivity index (χ0) is 12.3. The molecule has 1 aromatic rings. The van der Waals surface area contributed by atoms with Crippen molar-refractivity contribution in [3.8, 4) is 0 Å². The number of anilines is 1. The third kappa shape index (κ3) is 3.54. The highest BCUT2D eigenvalue weighted by atomic mass is 16.5. The third-order valence-corrected chi connectivity index (χ3v) is 2.60. The van der Waals surface area contributed by atoms with Crippen LogP contribution in [0.5, 0.6) is 0 Å². The molecule has 0 saturated heterocycles. The SMILES string of the molecule is COCC(O)CNc1cc(=O)[nH]c(C2CC2)n1. The van der Waals surface area contributed by atoms with Gasteiger partial charge >= 0.3 is 0 Å². The summed E-state index contributed by atoms with van der Waals surface area (Å²) in [5.74, 6) is 1.64. The van der Waals surface area contributed by atoms with Gasteiger partial charge in [0.15, 0.2) is 0 Å². The van der Waals surface area contributed by atoms with Gasteiger partial charge < -0.3 is 20.1 Å². The fraction of sp³-hybridized carbons (Fsp3) is 0.636. The lowest BCUT2D eigenvalue weighted by Crippen LogP contribution is -2.25. The normalized spacial score (nSPS) is 16.8. The zero-order valence-electron chi connectivity index (χ0n) is 9.77. The number of H-pyrrole nitrogens is 1. The van der Waals surface area contributed by atoms with E-state index in [9.17, 15) is 9.90 Å². The Morgan fingerprint density at radius 3 is 3.12 bits per heavy atom. The number of aliphatic hydroxyl groups is 1. The summed E-state index contributed by atoms with van der Waals surface area (Å²) in [6, 6.07) is 1.39. The van der Waals surface area contributed by atoms with E-state index in [1.165, 1.54) is 13.2 Å². The predicted octanol–water partition coefficient (Wildman–Crippen LogP) is 0.0665. The molecule has 0 amide bonds. The Hall–Kier alpha value is -1.40. The minimum Gasteiger partial charge on any atom is -0.389 e. The van der Waals surface area contributed by atoms with Crippen LogP contribution in [0.3, 0.4) is 0 Å². The molecule has 1 aromatic heterocycles.